The van der Waals surface area contributed by atoms with Crippen LogP contribution in [0.1, 0.15) is 18.7 Å². The molecular weight excluding hydrogens is 356 g/mol. The number of piperidine rings is 1. The summed E-state index contributed by atoms with van der Waals surface area (Å²) >= 11 is 0. The van der Waals surface area contributed by atoms with Crippen molar-refractivity contribution < 1.29 is 14.2 Å². The lowest BCUT2D eigenvalue weighted by molar-refractivity contribution is 0.000896. The number of fused-ring (bicyclic) bond motifs is 2. The van der Waals surface area contributed by atoms with Crippen molar-refractivity contribution >= 4 is 0 Å². The van der Waals surface area contributed by atoms with Gasteiger partial charge in [0.15, 0.2) is 11.5 Å². The van der Waals surface area contributed by atoms with Crippen molar-refractivity contribution in [2.75, 3.05) is 39.9 Å². The first-order valence-corrected chi connectivity index (χ1v) is 10.2. The first kappa shape index (κ1) is 18.0. The molecule has 4 heterocycles. The fraction of sp³-hybridized carbons (Fsp3) is 0.571. The Morgan fingerprint density at radius 3 is 2.82 bits per heavy atom. The van der Waals surface area contributed by atoms with E-state index in [9.17, 15) is 0 Å². The summed E-state index contributed by atoms with van der Waals surface area (Å²) in [7, 11) is 2.19. The molecule has 28 heavy (non-hydrogen) atoms. The fourth-order valence-electron chi connectivity index (χ4n) is 4.25. The van der Waals surface area contributed by atoms with Gasteiger partial charge in [0.1, 0.15) is 25.6 Å². The zero-order valence-electron chi connectivity index (χ0n) is 16.4. The molecule has 0 unspecified atom stereocenters. The molecular formula is C21H28N4O3. The van der Waals surface area contributed by atoms with Crippen LogP contribution < -0.4 is 14.8 Å². The molecule has 2 aromatic rings. The van der Waals surface area contributed by atoms with Crippen LogP contribution in [0.4, 0.5) is 0 Å². The van der Waals surface area contributed by atoms with Crippen LogP contribution in [0.25, 0.3) is 11.3 Å². The molecule has 0 bridgehead atoms. The zero-order valence-corrected chi connectivity index (χ0v) is 16.4. The predicted molar refractivity (Wildman–Crippen MR) is 106 cm³/mol. The van der Waals surface area contributed by atoms with E-state index >= 15 is 0 Å². The molecule has 7 nitrogen and oxygen atoms in total. The first-order chi connectivity index (χ1) is 13.8. The maximum atomic E-state index is 6.06. The molecule has 1 atom stereocenters. The van der Waals surface area contributed by atoms with Gasteiger partial charge in [-0.3, -0.25) is 0 Å². The van der Waals surface area contributed by atoms with Gasteiger partial charge in [-0.2, -0.15) is 0 Å². The maximum Gasteiger partial charge on any atom is 0.162 e. The van der Waals surface area contributed by atoms with Crippen LogP contribution in [0.3, 0.4) is 0 Å². The van der Waals surface area contributed by atoms with E-state index < -0.39 is 0 Å². The molecule has 1 fully saturated rings. The molecule has 0 spiro atoms. The molecule has 1 saturated heterocycles. The minimum Gasteiger partial charge on any atom is -0.486 e. The minimum absolute atomic E-state index is 0.164. The molecule has 5 rings (SSSR count). The lowest BCUT2D eigenvalue weighted by Crippen LogP contribution is -2.45. The lowest BCUT2D eigenvalue weighted by Gasteiger charge is -2.32. The van der Waals surface area contributed by atoms with E-state index in [2.05, 4.69) is 38.9 Å². The number of hydrogen-bond acceptors (Lipinski definition) is 6. The molecule has 0 amide bonds. The maximum absolute atomic E-state index is 6.06. The highest BCUT2D eigenvalue weighted by molar-refractivity contribution is 5.64. The molecule has 1 N–H and O–H groups in total. The van der Waals surface area contributed by atoms with Crippen LogP contribution in [0.15, 0.2) is 24.4 Å². The Balaban J connectivity index is 1.28. The van der Waals surface area contributed by atoms with Gasteiger partial charge in [0.05, 0.1) is 24.5 Å². The number of imidazole rings is 1. The largest absolute Gasteiger partial charge is 0.486 e. The summed E-state index contributed by atoms with van der Waals surface area (Å²) in [6.45, 7) is 5.80. The number of benzene rings is 1. The van der Waals surface area contributed by atoms with Crippen LogP contribution in [0.2, 0.25) is 0 Å². The van der Waals surface area contributed by atoms with Crippen LogP contribution in [-0.4, -0.2) is 66.5 Å². The Hall–Kier alpha value is -2.09. The van der Waals surface area contributed by atoms with Gasteiger partial charge in [-0.15, -0.1) is 0 Å². The van der Waals surface area contributed by atoms with Crippen molar-refractivity contribution in [1.29, 1.82) is 0 Å². The van der Waals surface area contributed by atoms with Gasteiger partial charge in [0.2, 0.25) is 0 Å². The van der Waals surface area contributed by atoms with E-state index in [1.165, 1.54) is 25.9 Å². The molecule has 7 heteroatoms. The predicted octanol–water partition coefficient (Wildman–Crippen LogP) is 1.90. The summed E-state index contributed by atoms with van der Waals surface area (Å²) in [5.74, 6) is 2.61. The van der Waals surface area contributed by atoms with E-state index in [1.54, 1.807) is 0 Å². The number of hydrogen-bond donors (Lipinski definition) is 1. The number of aromatic nitrogens is 2. The van der Waals surface area contributed by atoms with Crippen LogP contribution >= 0.6 is 0 Å². The number of nitrogens with one attached hydrogen (secondary N) is 1. The summed E-state index contributed by atoms with van der Waals surface area (Å²) in [6.07, 6.45) is 4.53. The van der Waals surface area contributed by atoms with Crippen molar-refractivity contribution in [3.05, 3.63) is 30.2 Å². The second kappa shape index (κ2) is 7.73. The van der Waals surface area contributed by atoms with Gasteiger partial charge < -0.3 is 29.0 Å². The third-order valence-corrected chi connectivity index (χ3v) is 5.96. The average Bonchev–Trinajstić information content (AvgIpc) is 3.16. The lowest BCUT2D eigenvalue weighted by atomic mass is 10.1. The highest BCUT2D eigenvalue weighted by Crippen LogP contribution is 2.35. The second-order valence-corrected chi connectivity index (χ2v) is 7.95. The van der Waals surface area contributed by atoms with Gasteiger partial charge in [-0.05, 0) is 51.2 Å². The Morgan fingerprint density at radius 1 is 1.14 bits per heavy atom. The third kappa shape index (κ3) is 3.62. The van der Waals surface area contributed by atoms with Crippen LogP contribution in [-0.2, 0) is 17.9 Å². The zero-order chi connectivity index (χ0) is 18.9. The Labute approximate surface area is 165 Å². The number of ether oxygens (including phenoxy) is 3. The van der Waals surface area contributed by atoms with E-state index in [-0.39, 0.29) is 6.10 Å². The van der Waals surface area contributed by atoms with Crippen molar-refractivity contribution in [3.63, 3.8) is 0 Å². The SMILES string of the molecule is CN1CCC(NC[C@H]2Cn3c(-c4ccc5c(c4)OCCO5)cnc3CO2)CC1. The summed E-state index contributed by atoms with van der Waals surface area (Å²) in [5, 5.41) is 3.71. The Kier molecular flexibility index (Phi) is 4.96. The Bertz CT molecular complexity index is 829. The van der Waals surface area contributed by atoms with Gasteiger partial charge in [-0.1, -0.05) is 0 Å². The Morgan fingerprint density at radius 2 is 1.96 bits per heavy atom. The van der Waals surface area contributed by atoms with Gasteiger partial charge in [0, 0.05) is 18.2 Å². The summed E-state index contributed by atoms with van der Waals surface area (Å²) in [6, 6.07) is 6.72. The summed E-state index contributed by atoms with van der Waals surface area (Å²) in [4.78, 5) is 6.97. The average molecular weight is 384 g/mol. The molecule has 0 radical (unpaired) electrons. The van der Waals surface area contributed by atoms with Crippen molar-refractivity contribution in [2.24, 2.45) is 0 Å². The molecule has 0 aliphatic carbocycles. The second-order valence-electron chi connectivity index (χ2n) is 7.95. The first-order valence-electron chi connectivity index (χ1n) is 10.2. The highest BCUT2D eigenvalue weighted by Gasteiger charge is 2.25. The van der Waals surface area contributed by atoms with E-state index in [1.807, 2.05) is 12.3 Å². The molecule has 3 aliphatic rings. The van der Waals surface area contributed by atoms with Crippen LogP contribution in [0, 0.1) is 0 Å². The highest BCUT2D eigenvalue weighted by atomic mass is 16.6. The van der Waals surface area contributed by atoms with Crippen molar-refractivity contribution in [1.82, 2.24) is 19.8 Å². The number of rotatable bonds is 4. The van der Waals surface area contributed by atoms with Crippen molar-refractivity contribution in [2.45, 2.75) is 38.1 Å². The fourth-order valence-corrected chi connectivity index (χ4v) is 4.25. The smallest absolute Gasteiger partial charge is 0.162 e. The summed E-state index contributed by atoms with van der Waals surface area (Å²) in [5.41, 5.74) is 2.21. The van der Waals surface area contributed by atoms with Gasteiger partial charge >= 0.3 is 0 Å². The van der Waals surface area contributed by atoms with Crippen molar-refractivity contribution in [3.8, 4) is 22.8 Å². The topological polar surface area (TPSA) is 60.8 Å². The summed E-state index contributed by atoms with van der Waals surface area (Å²) < 4.78 is 19.7. The monoisotopic (exact) mass is 384 g/mol. The van der Waals surface area contributed by atoms with Gasteiger partial charge in [-0.25, -0.2) is 4.98 Å². The number of nitrogens with zero attached hydrogens (tertiary/aromatic N) is 3. The normalized spacial score (nSPS) is 22.8. The molecule has 1 aromatic carbocycles. The molecule has 0 saturated carbocycles. The standard InChI is InChI=1S/C21H28N4O3/c1-24-6-4-16(5-7-24)22-11-17-13-25-18(12-23-21(25)14-28-17)15-2-3-19-20(10-15)27-9-8-26-19/h2-3,10,12,16-17,22H,4-9,11,13-14H2,1H3/t17-/m0/s1. The van der Waals surface area contributed by atoms with E-state index in [0.29, 0.717) is 25.9 Å². The molecule has 1 aromatic heterocycles. The van der Waals surface area contributed by atoms with E-state index in [0.717, 1.165) is 41.7 Å². The quantitative estimate of drug-likeness (QED) is 0.869. The number of likely N-dealkylation sites (tertiary alicyclic amines) is 1. The molecule has 3 aliphatic heterocycles. The van der Waals surface area contributed by atoms with E-state index in [4.69, 9.17) is 14.2 Å². The molecule has 150 valence electrons. The van der Waals surface area contributed by atoms with Crippen LogP contribution in [0.5, 0.6) is 11.5 Å². The van der Waals surface area contributed by atoms with Gasteiger partial charge in [0.25, 0.3) is 0 Å². The minimum atomic E-state index is 0.164. The third-order valence-electron chi connectivity index (χ3n) is 5.96.